The van der Waals surface area contributed by atoms with Crippen LogP contribution in [0.4, 0.5) is 0 Å². The fraction of sp³-hybridized carbons (Fsp3) is 0.864. The van der Waals surface area contributed by atoms with E-state index >= 15 is 0 Å². The number of unbranched alkanes of at least 4 members (excludes halogenated alkanes) is 42. The van der Waals surface area contributed by atoms with Crippen molar-refractivity contribution >= 4 is 17.9 Å². The molecular weight excluding hydrogens is 889 g/mol. The summed E-state index contributed by atoms with van der Waals surface area (Å²) < 4.78 is 16.9. The van der Waals surface area contributed by atoms with Crippen LogP contribution in [-0.2, 0) is 28.6 Å². The second-order valence-electron chi connectivity index (χ2n) is 21.7. The molecule has 0 N–H and O–H groups in total. The minimum Gasteiger partial charge on any atom is -0.462 e. The predicted molar refractivity (Wildman–Crippen MR) is 312 cm³/mol. The highest BCUT2D eigenvalue weighted by molar-refractivity contribution is 5.71. The fourth-order valence-electron chi connectivity index (χ4n) is 9.53. The third kappa shape index (κ3) is 58.5. The van der Waals surface area contributed by atoms with Gasteiger partial charge < -0.3 is 14.2 Å². The number of allylic oxidation sites excluding steroid dienone is 6. The molecule has 0 radical (unpaired) electrons. The molecule has 0 heterocycles. The van der Waals surface area contributed by atoms with Crippen molar-refractivity contribution in [2.45, 2.75) is 354 Å². The summed E-state index contributed by atoms with van der Waals surface area (Å²) in [6, 6.07) is 0. The van der Waals surface area contributed by atoms with Crippen LogP contribution in [0.2, 0.25) is 0 Å². The van der Waals surface area contributed by atoms with Gasteiger partial charge in [0.15, 0.2) is 6.10 Å². The van der Waals surface area contributed by atoms with E-state index in [1.54, 1.807) is 0 Å². The van der Waals surface area contributed by atoms with Gasteiger partial charge in [-0.3, -0.25) is 14.4 Å². The quantitative estimate of drug-likeness (QED) is 0.0261. The van der Waals surface area contributed by atoms with Crippen molar-refractivity contribution in [2.24, 2.45) is 0 Å². The van der Waals surface area contributed by atoms with E-state index in [0.717, 1.165) is 83.5 Å². The van der Waals surface area contributed by atoms with Crippen LogP contribution < -0.4 is 0 Å². The van der Waals surface area contributed by atoms with Crippen molar-refractivity contribution in [2.75, 3.05) is 13.2 Å². The van der Waals surface area contributed by atoms with Gasteiger partial charge in [0.2, 0.25) is 0 Å². The average molecular weight is 1010 g/mol. The van der Waals surface area contributed by atoms with E-state index in [0.29, 0.717) is 19.3 Å². The number of esters is 3. The molecule has 1 atom stereocenters. The first-order valence-electron chi connectivity index (χ1n) is 32.0. The molecule has 1 unspecified atom stereocenters. The Labute approximate surface area is 448 Å². The topological polar surface area (TPSA) is 78.9 Å². The summed E-state index contributed by atoms with van der Waals surface area (Å²) in [5.41, 5.74) is 0. The third-order valence-electron chi connectivity index (χ3n) is 14.4. The largest absolute Gasteiger partial charge is 0.462 e. The number of hydrogen-bond acceptors (Lipinski definition) is 6. The maximum Gasteiger partial charge on any atom is 0.306 e. The van der Waals surface area contributed by atoms with Gasteiger partial charge in [0.25, 0.3) is 0 Å². The summed E-state index contributed by atoms with van der Waals surface area (Å²) in [7, 11) is 0. The van der Waals surface area contributed by atoms with E-state index in [-0.39, 0.29) is 31.1 Å². The average Bonchev–Trinajstić information content (AvgIpc) is 3.38. The molecule has 422 valence electrons. The molecule has 72 heavy (non-hydrogen) atoms. The summed E-state index contributed by atoms with van der Waals surface area (Å²) in [4.78, 5) is 38.3. The molecule has 6 heteroatoms. The Morgan fingerprint density at radius 1 is 0.278 bits per heavy atom. The third-order valence-corrected chi connectivity index (χ3v) is 14.4. The lowest BCUT2D eigenvalue weighted by molar-refractivity contribution is -0.167. The van der Waals surface area contributed by atoms with Gasteiger partial charge in [-0.25, -0.2) is 0 Å². The first-order valence-corrected chi connectivity index (χ1v) is 32.0. The van der Waals surface area contributed by atoms with Crippen LogP contribution in [0.1, 0.15) is 348 Å². The molecule has 0 aliphatic carbocycles. The van der Waals surface area contributed by atoms with Crippen molar-refractivity contribution in [3.63, 3.8) is 0 Å². The number of rotatable bonds is 59. The van der Waals surface area contributed by atoms with Crippen LogP contribution in [0.5, 0.6) is 0 Å². The molecule has 0 amide bonds. The molecule has 0 aliphatic rings. The van der Waals surface area contributed by atoms with Crippen LogP contribution in [0, 0.1) is 0 Å². The van der Waals surface area contributed by atoms with Gasteiger partial charge in [0.1, 0.15) is 13.2 Å². The molecule has 6 nitrogen and oxygen atoms in total. The van der Waals surface area contributed by atoms with Gasteiger partial charge in [0.05, 0.1) is 0 Å². The summed E-state index contributed by atoms with van der Waals surface area (Å²) >= 11 is 0. The Hall–Kier alpha value is -2.37. The lowest BCUT2D eigenvalue weighted by Crippen LogP contribution is -2.30. The van der Waals surface area contributed by atoms with E-state index in [1.165, 1.54) is 225 Å². The van der Waals surface area contributed by atoms with E-state index in [9.17, 15) is 14.4 Å². The highest BCUT2D eigenvalue weighted by atomic mass is 16.6. The molecular formula is C66H122O6. The van der Waals surface area contributed by atoms with Crippen LogP contribution in [0.3, 0.4) is 0 Å². The Morgan fingerprint density at radius 3 is 0.806 bits per heavy atom. The van der Waals surface area contributed by atoms with Gasteiger partial charge in [-0.2, -0.15) is 0 Å². The molecule has 0 fully saturated rings. The molecule has 0 spiro atoms. The lowest BCUT2D eigenvalue weighted by Gasteiger charge is -2.18. The van der Waals surface area contributed by atoms with Crippen LogP contribution >= 0.6 is 0 Å². The summed E-state index contributed by atoms with van der Waals surface area (Å²) in [5.74, 6) is -0.877. The predicted octanol–water partition coefficient (Wildman–Crippen LogP) is 21.6. The molecule has 0 aromatic heterocycles. The highest BCUT2D eigenvalue weighted by Gasteiger charge is 2.19. The second kappa shape index (κ2) is 61.2. The maximum atomic E-state index is 12.9. The maximum absolute atomic E-state index is 12.9. The van der Waals surface area contributed by atoms with E-state index in [4.69, 9.17) is 14.2 Å². The van der Waals surface area contributed by atoms with Gasteiger partial charge in [0, 0.05) is 19.3 Å². The molecule has 0 aromatic rings. The van der Waals surface area contributed by atoms with Crippen molar-refractivity contribution in [1.29, 1.82) is 0 Å². The molecule has 0 rings (SSSR count). The zero-order valence-electron chi connectivity index (χ0n) is 48.5. The zero-order chi connectivity index (χ0) is 52.2. The lowest BCUT2D eigenvalue weighted by atomic mass is 10.0. The van der Waals surface area contributed by atoms with E-state index < -0.39 is 6.10 Å². The Kier molecular flexibility index (Phi) is 59.2. The number of ether oxygens (including phenoxy) is 3. The van der Waals surface area contributed by atoms with Gasteiger partial charge >= 0.3 is 17.9 Å². The normalized spacial score (nSPS) is 12.2. The van der Waals surface area contributed by atoms with Crippen LogP contribution in [0.15, 0.2) is 36.5 Å². The first-order chi connectivity index (χ1) is 35.5. The molecule has 0 saturated heterocycles. The fourth-order valence-corrected chi connectivity index (χ4v) is 9.53. The molecule has 0 aromatic carbocycles. The standard InChI is InChI=1S/C66H122O6/c1-4-7-10-13-16-19-22-25-28-30-31-32-33-34-35-36-39-41-44-47-50-53-56-59-65(68)71-62-63(61-70-64(67)58-55-52-49-46-43-40-37-27-24-21-18-15-12-9-6-3)72-66(69)60-57-54-51-48-45-42-38-29-26-23-20-17-14-11-8-5-2/h18,21,27,29,37-38,63H,4-17,19-20,22-26,28,30-36,39-62H2,1-3H3/b21-18-,37-27-,38-29-. The molecule has 0 bridgehead atoms. The Balaban J connectivity index is 4.29. The van der Waals surface area contributed by atoms with Gasteiger partial charge in [-0.1, -0.05) is 288 Å². The van der Waals surface area contributed by atoms with Gasteiger partial charge in [-0.15, -0.1) is 0 Å². The van der Waals surface area contributed by atoms with Crippen molar-refractivity contribution < 1.29 is 28.6 Å². The summed E-state index contributed by atoms with van der Waals surface area (Å²) in [5, 5.41) is 0. The SMILES string of the molecule is CCCCC/C=C\C/C=C\CCCCCCCC(=O)OCC(COC(=O)CCCCCCCCCCCCCCCCCCCCCCCCC)OC(=O)CCCCCCC/C=C\CCCCCCCCC. The minimum absolute atomic E-state index is 0.0760. The van der Waals surface area contributed by atoms with Crippen molar-refractivity contribution in [3.8, 4) is 0 Å². The van der Waals surface area contributed by atoms with Crippen LogP contribution in [0.25, 0.3) is 0 Å². The monoisotopic (exact) mass is 1010 g/mol. The molecule has 0 aliphatic heterocycles. The Morgan fingerprint density at radius 2 is 0.500 bits per heavy atom. The first kappa shape index (κ1) is 69.6. The number of hydrogen-bond donors (Lipinski definition) is 0. The second-order valence-corrected chi connectivity index (χ2v) is 21.7. The zero-order valence-corrected chi connectivity index (χ0v) is 48.5. The summed E-state index contributed by atoms with van der Waals surface area (Å²) in [6.07, 6.45) is 74.4. The van der Waals surface area contributed by atoms with Gasteiger partial charge in [-0.05, 0) is 77.0 Å². The van der Waals surface area contributed by atoms with Crippen LogP contribution in [-0.4, -0.2) is 37.2 Å². The molecule has 0 saturated carbocycles. The Bertz CT molecular complexity index is 1210. The minimum atomic E-state index is -0.780. The van der Waals surface area contributed by atoms with Crippen molar-refractivity contribution in [3.05, 3.63) is 36.5 Å². The number of carbonyl (C=O) groups is 3. The smallest absolute Gasteiger partial charge is 0.306 e. The highest BCUT2D eigenvalue weighted by Crippen LogP contribution is 2.17. The van der Waals surface area contributed by atoms with E-state index in [2.05, 4.69) is 57.2 Å². The van der Waals surface area contributed by atoms with Crippen molar-refractivity contribution in [1.82, 2.24) is 0 Å². The summed E-state index contributed by atoms with van der Waals surface area (Å²) in [6.45, 7) is 6.65. The van der Waals surface area contributed by atoms with E-state index in [1.807, 2.05) is 0 Å². The number of carbonyl (C=O) groups excluding carboxylic acids is 3.